The molecule has 0 spiro atoms. The molecule has 0 aromatic rings. The van der Waals surface area contributed by atoms with Crippen molar-refractivity contribution in [2.75, 3.05) is 0 Å². The predicted octanol–water partition coefficient (Wildman–Crippen LogP) is 1.39. The van der Waals surface area contributed by atoms with Crippen LogP contribution in [0.15, 0.2) is 0 Å². The van der Waals surface area contributed by atoms with Crippen LogP contribution in [0.4, 0.5) is 0 Å². The minimum Gasteiger partial charge on any atom is -0.412 e. The van der Waals surface area contributed by atoms with Gasteiger partial charge in [-0.25, -0.2) is 0 Å². The van der Waals surface area contributed by atoms with E-state index in [4.69, 9.17) is 0 Å². The van der Waals surface area contributed by atoms with Gasteiger partial charge in [0.05, 0.1) is 0 Å². The summed E-state index contributed by atoms with van der Waals surface area (Å²) < 4.78 is 1.43. The Hall–Kier alpha value is 1.34. The smallest absolute Gasteiger partial charge is 0.147 e. The monoisotopic (exact) mass is 267 g/mol. The molecular weight excluding hydrogens is 254 g/mol. The fourth-order valence-corrected chi connectivity index (χ4v) is 1.19. The van der Waals surface area contributed by atoms with Crippen LogP contribution in [0.1, 0.15) is 19.8 Å². The Balaban J connectivity index is -0.0000000267. The van der Waals surface area contributed by atoms with Gasteiger partial charge >= 0.3 is 46.7 Å². The molecule has 3 radical (unpaired) electrons. The molecule has 0 aromatic heterocycles. The second kappa shape index (κ2) is 23.9. The van der Waals surface area contributed by atoms with Crippen LogP contribution in [0.2, 0.25) is 4.44 Å². The summed E-state index contributed by atoms with van der Waals surface area (Å²) in [6.45, 7) is 2.23. The Morgan fingerprint density at radius 1 is 1.25 bits per heavy atom. The molecule has 0 heterocycles. The van der Waals surface area contributed by atoms with Crippen molar-refractivity contribution in [3.63, 3.8) is 0 Å². The van der Waals surface area contributed by atoms with E-state index in [9.17, 15) is 0 Å². The number of halogens is 2. The molecule has 4 heteroatoms. The maximum Gasteiger partial charge on any atom is -0.147 e. The molecular formula is C4H13Cl2OSn. The Kier molecular flexibility index (Phi) is 67.9. The van der Waals surface area contributed by atoms with Crippen molar-refractivity contribution in [2.24, 2.45) is 0 Å². The Morgan fingerprint density at radius 2 is 1.62 bits per heavy atom. The van der Waals surface area contributed by atoms with Crippen molar-refractivity contribution in [1.82, 2.24) is 0 Å². The van der Waals surface area contributed by atoms with Crippen LogP contribution >= 0.6 is 24.8 Å². The molecule has 0 aliphatic carbocycles. The summed E-state index contributed by atoms with van der Waals surface area (Å²) in [7, 11) is 0. The molecule has 0 fully saturated rings. The zero-order valence-corrected chi connectivity index (χ0v) is 9.42. The van der Waals surface area contributed by atoms with Crippen molar-refractivity contribution < 1.29 is 5.48 Å². The Morgan fingerprint density at radius 3 is 1.62 bits per heavy atom. The fraction of sp³-hybridized carbons (Fsp3) is 1.00. The first kappa shape index (κ1) is 22.8. The largest absolute Gasteiger partial charge is 0.412 e. The predicted molar refractivity (Wildman–Crippen MR) is 43.6 cm³/mol. The van der Waals surface area contributed by atoms with Crippen molar-refractivity contribution in [2.45, 2.75) is 24.2 Å². The van der Waals surface area contributed by atoms with Gasteiger partial charge in [0.2, 0.25) is 0 Å². The van der Waals surface area contributed by atoms with E-state index in [-0.39, 0.29) is 30.3 Å². The average molecular weight is 267 g/mol. The van der Waals surface area contributed by atoms with Gasteiger partial charge < -0.3 is 5.48 Å². The molecule has 0 rings (SSSR count). The van der Waals surface area contributed by atoms with E-state index in [0.717, 1.165) is 0 Å². The molecule has 0 saturated heterocycles. The van der Waals surface area contributed by atoms with Crippen LogP contribution in [-0.2, 0) is 0 Å². The summed E-state index contributed by atoms with van der Waals surface area (Å²) in [4.78, 5) is 0. The number of hydrogen-bond acceptors (Lipinski definition) is 0. The van der Waals surface area contributed by atoms with E-state index < -0.39 is 0 Å². The topological polar surface area (TPSA) is 31.5 Å². The molecule has 1 nitrogen and oxygen atoms in total. The first-order valence-corrected chi connectivity index (χ1v) is 4.08. The van der Waals surface area contributed by atoms with E-state index in [1.54, 1.807) is 22.5 Å². The molecule has 0 amide bonds. The quantitative estimate of drug-likeness (QED) is 0.677. The zero-order chi connectivity index (χ0) is 4.12. The Labute approximate surface area is 76.8 Å². The minimum atomic E-state index is 0. The van der Waals surface area contributed by atoms with E-state index in [1.165, 1.54) is 17.3 Å². The molecule has 0 saturated carbocycles. The first-order valence-electron chi connectivity index (χ1n) is 2.06. The summed E-state index contributed by atoms with van der Waals surface area (Å²) in [6, 6.07) is 0. The SMILES string of the molecule is CCC[CH2][Sn].Cl.Cl.O. The molecule has 0 aliphatic rings. The van der Waals surface area contributed by atoms with Gasteiger partial charge in [0.25, 0.3) is 0 Å². The van der Waals surface area contributed by atoms with Crippen molar-refractivity contribution in [3.05, 3.63) is 0 Å². The molecule has 0 aliphatic heterocycles. The summed E-state index contributed by atoms with van der Waals surface area (Å²) in [5.41, 5.74) is 0. The summed E-state index contributed by atoms with van der Waals surface area (Å²) in [6.07, 6.45) is 2.80. The van der Waals surface area contributed by atoms with Crippen LogP contribution in [0.25, 0.3) is 0 Å². The minimum absolute atomic E-state index is 0. The molecule has 8 heavy (non-hydrogen) atoms. The number of rotatable bonds is 2. The first-order chi connectivity index (χ1) is 2.41. The van der Waals surface area contributed by atoms with Crippen molar-refractivity contribution >= 4 is 47.3 Å². The number of hydrogen-bond donors (Lipinski definition) is 0. The van der Waals surface area contributed by atoms with Crippen molar-refractivity contribution in [1.29, 1.82) is 0 Å². The molecule has 0 bridgehead atoms. The van der Waals surface area contributed by atoms with Crippen LogP contribution in [-0.4, -0.2) is 28.0 Å². The summed E-state index contributed by atoms with van der Waals surface area (Å²) in [5.74, 6) is 0. The molecule has 53 valence electrons. The van der Waals surface area contributed by atoms with E-state index in [2.05, 4.69) is 6.92 Å². The summed E-state index contributed by atoms with van der Waals surface area (Å²) >= 11 is 1.68. The standard InChI is InChI=1S/C4H9.2ClH.H2O.Sn/c1-3-4-2;;;;/h1,3-4H2,2H3;2*1H;1H2;. The maximum absolute atomic E-state index is 2.23. The van der Waals surface area contributed by atoms with E-state index in [1.807, 2.05) is 0 Å². The van der Waals surface area contributed by atoms with Gasteiger partial charge in [-0.05, 0) is 0 Å². The second-order valence-corrected chi connectivity index (χ2v) is 2.53. The van der Waals surface area contributed by atoms with Gasteiger partial charge in [0.1, 0.15) is 0 Å². The third-order valence-electron chi connectivity index (χ3n) is 0.530. The van der Waals surface area contributed by atoms with Crippen LogP contribution in [0.5, 0.6) is 0 Å². The van der Waals surface area contributed by atoms with Gasteiger partial charge in [-0.2, -0.15) is 0 Å². The van der Waals surface area contributed by atoms with Gasteiger partial charge in [-0.15, -0.1) is 24.8 Å². The van der Waals surface area contributed by atoms with E-state index in [0.29, 0.717) is 0 Å². The normalized spacial score (nSPS) is 5.25. The van der Waals surface area contributed by atoms with Gasteiger partial charge in [0, 0.05) is 0 Å². The molecule has 0 atom stereocenters. The van der Waals surface area contributed by atoms with Gasteiger partial charge in [-0.1, -0.05) is 0 Å². The molecule has 0 unspecified atom stereocenters. The van der Waals surface area contributed by atoms with Crippen LogP contribution < -0.4 is 0 Å². The zero-order valence-electron chi connectivity index (χ0n) is 4.94. The second-order valence-electron chi connectivity index (χ2n) is 1.10. The van der Waals surface area contributed by atoms with E-state index >= 15 is 0 Å². The van der Waals surface area contributed by atoms with Gasteiger partial charge in [0.15, 0.2) is 0 Å². The Bertz CT molecular complexity index is 21.5. The third kappa shape index (κ3) is 26.5. The average Bonchev–Trinajstić information content (AvgIpc) is 1.41. The molecule has 2 N–H and O–H groups in total. The fourth-order valence-electron chi connectivity index (χ4n) is 0.177. The van der Waals surface area contributed by atoms with Crippen LogP contribution in [0, 0.1) is 0 Å². The van der Waals surface area contributed by atoms with Crippen LogP contribution in [0.3, 0.4) is 0 Å². The summed E-state index contributed by atoms with van der Waals surface area (Å²) in [5, 5.41) is 0. The van der Waals surface area contributed by atoms with Gasteiger partial charge in [-0.3, -0.25) is 0 Å². The maximum atomic E-state index is 2.23. The van der Waals surface area contributed by atoms with Crippen molar-refractivity contribution in [3.8, 4) is 0 Å². The third-order valence-corrected chi connectivity index (χ3v) is 1.54. The number of unbranched alkanes of at least 4 members (excludes halogenated alkanes) is 1. The molecule has 0 aromatic carbocycles.